The van der Waals surface area contributed by atoms with Crippen LogP contribution >= 0.6 is 0 Å². The number of carbonyl (C=O) groups is 2. The van der Waals surface area contributed by atoms with Gasteiger partial charge in [-0.25, -0.2) is 14.4 Å². The van der Waals surface area contributed by atoms with E-state index >= 15 is 0 Å². The number of amides is 2. The van der Waals surface area contributed by atoms with Gasteiger partial charge in [0, 0.05) is 48.4 Å². The van der Waals surface area contributed by atoms with E-state index in [1.165, 1.54) is 12.1 Å². The van der Waals surface area contributed by atoms with Crippen LogP contribution in [0.1, 0.15) is 59.9 Å². The first-order valence-electron chi connectivity index (χ1n) is 11.0. The molecular formula is C24H29FN4O2. The van der Waals surface area contributed by atoms with E-state index in [2.05, 4.69) is 5.32 Å². The lowest BCUT2D eigenvalue weighted by molar-refractivity contribution is -0.133. The standard InChI is InChI=1S/C24H29FN4O2/c1-15-21(12-22(30)26-13-17-5-9-20(25)10-6-17)16(2)28-23(27-15)19-4-3-11-29(14-19)24(31)18-7-8-18/h5-6,9-10,18-19H,3-4,7-8,11-14H2,1-2H3,(H,26,30)/t19-/m0/s1. The fourth-order valence-electron chi connectivity index (χ4n) is 4.21. The first kappa shape index (κ1) is 21.4. The number of carbonyl (C=O) groups excluding carboxylic acids is 2. The molecule has 1 N–H and O–H groups in total. The SMILES string of the molecule is Cc1nc([C@H]2CCCN(C(=O)C3CC3)C2)nc(C)c1CC(=O)NCc1ccc(F)cc1. The molecule has 4 rings (SSSR count). The van der Waals surface area contributed by atoms with Gasteiger partial charge in [0.1, 0.15) is 11.6 Å². The third-order valence-corrected chi connectivity index (χ3v) is 6.20. The number of hydrogen-bond acceptors (Lipinski definition) is 4. The molecule has 6 nitrogen and oxygen atoms in total. The highest BCUT2D eigenvalue weighted by molar-refractivity contribution is 5.81. The van der Waals surface area contributed by atoms with E-state index < -0.39 is 0 Å². The first-order chi connectivity index (χ1) is 14.9. The minimum absolute atomic E-state index is 0.120. The van der Waals surface area contributed by atoms with E-state index in [9.17, 15) is 14.0 Å². The molecule has 1 saturated carbocycles. The van der Waals surface area contributed by atoms with Crippen LogP contribution in [0.3, 0.4) is 0 Å². The van der Waals surface area contributed by atoms with Crippen molar-refractivity contribution in [1.29, 1.82) is 0 Å². The third-order valence-electron chi connectivity index (χ3n) is 6.20. The summed E-state index contributed by atoms with van der Waals surface area (Å²) in [5, 5.41) is 2.87. The first-order valence-corrected chi connectivity index (χ1v) is 11.0. The Morgan fingerprint density at radius 3 is 2.42 bits per heavy atom. The third kappa shape index (κ3) is 5.27. The predicted molar refractivity (Wildman–Crippen MR) is 115 cm³/mol. The molecule has 1 aromatic carbocycles. The molecule has 31 heavy (non-hydrogen) atoms. The van der Waals surface area contributed by atoms with Crippen molar-refractivity contribution >= 4 is 11.8 Å². The number of piperidine rings is 1. The maximum atomic E-state index is 13.0. The van der Waals surface area contributed by atoms with Crippen LogP contribution in [0.5, 0.6) is 0 Å². The van der Waals surface area contributed by atoms with Crippen LogP contribution in [0.25, 0.3) is 0 Å². The zero-order chi connectivity index (χ0) is 22.0. The van der Waals surface area contributed by atoms with Gasteiger partial charge in [0.25, 0.3) is 0 Å². The molecule has 1 aliphatic carbocycles. The minimum Gasteiger partial charge on any atom is -0.352 e. The molecule has 1 aliphatic heterocycles. The van der Waals surface area contributed by atoms with E-state index in [-0.39, 0.29) is 35.9 Å². The van der Waals surface area contributed by atoms with Crippen LogP contribution in [0, 0.1) is 25.6 Å². The molecule has 0 spiro atoms. The number of nitrogens with zero attached hydrogens (tertiary/aromatic N) is 3. The second kappa shape index (κ2) is 9.12. The van der Waals surface area contributed by atoms with Gasteiger partial charge in [0.15, 0.2) is 0 Å². The molecule has 7 heteroatoms. The molecule has 2 aromatic rings. The second-order valence-corrected chi connectivity index (χ2v) is 8.71. The van der Waals surface area contributed by atoms with E-state index in [0.717, 1.165) is 60.6 Å². The van der Waals surface area contributed by atoms with Crippen molar-refractivity contribution < 1.29 is 14.0 Å². The quantitative estimate of drug-likeness (QED) is 0.773. The number of nitrogens with one attached hydrogen (secondary N) is 1. The lowest BCUT2D eigenvalue weighted by Gasteiger charge is -2.32. The fraction of sp³-hybridized carbons (Fsp3) is 0.500. The Kier molecular flexibility index (Phi) is 6.30. The number of halogens is 1. The average Bonchev–Trinajstić information content (AvgIpc) is 3.61. The summed E-state index contributed by atoms with van der Waals surface area (Å²) in [4.78, 5) is 36.3. The highest BCUT2D eigenvalue weighted by Gasteiger charge is 2.36. The van der Waals surface area contributed by atoms with E-state index in [1.807, 2.05) is 18.7 Å². The molecule has 164 valence electrons. The normalized spacial score (nSPS) is 18.7. The maximum absolute atomic E-state index is 13.0. The molecule has 1 atom stereocenters. The van der Waals surface area contributed by atoms with Crippen LogP contribution in [0.15, 0.2) is 24.3 Å². The minimum atomic E-state index is -0.295. The van der Waals surface area contributed by atoms with Gasteiger partial charge >= 0.3 is 0 Å². The lowest BCUT2D eigenvalue weighted by atomic mass is 9.96. The molecule has 2 aliphatic rings. The highest BCUT2D eigenvalue weighted by atomic mass is 19.1. The summed E-state index contributed by atoms with van der Waals surface area (Å²) in [7, 11) is 0. The predicted octanol–water partition coefficient (Wildman–Crippen LogP) is 3.21. The van der Waals surface area contributed by atoms with Gasteiger partial charge in [-0.1, -0.05) is 12.1 Å². The molecule has 1 saturated heterocycles. The average molecular weight is 425 g/mol. The smallest absolute Gasteiger partial charge is 0.225 e. The number of rotatable bonds is 6. The van der Waals surface area contributed by atoms with Gasteiger partial charge < -0.3 is 10.2 Å². The van der Waals surface area contributed by atoms with Gasteiger partial charge in [-0.2, -0.15) is 0 Å². The Morgan fingerprint density at radius 1 is 1.10 bits per heavy atom. The summed E-state index contributed by atoms with van der Waals surface area (Å²) in [6.07, 6.45) is 4.19. The number of aryl methyl sites for hydroxylation is 2. The highest BCUT2D eigenvalue weighted by Crippen LogP contribution is 2.34. The zero-order valence-corrected chi connectivity index (χ0v) is 18.2. The van der Waals surface area contributed by atoms with Crippen molar-refractivity contribution in [2.75, 3.05) is 13.1 Å². The molecule has 0 radical (unpaired) electrons. The lowest BCUT2D eigenvalue weighted by Crippen LogP contribution is -2.40. The van der Waals surface area contributed by atoms with E-state index in [4.69, 9.17) is 9.97 Å². The molecule has 2 heterocycles. The summed E-state index contributed by atoms with van der Waals surface area (Å²) >= 11 is 0. The van der Waals surface area contributed by atoms with Crippen molar-refractivity contribution in [1.82, 2.24) is 20.2 Å². The van der Waals surface area contributed by atoms with Crippen LogP contribution in [0.4, 0.5) is 4.39 Å². The van der Waals surface area contributed by atoms with Gasteiger partial charge in [-0.05, 0) is 57.2 Å². The Balaban J connectivity index is 1.39. The topological polar surface area (TPSA) is 75.2 Å². The van der Waals surface area contributed by atoms with Crippen molar-refractivity contribution in [2.45, 2.75) is 58.4 Å². The molecule has 0 unspecified atom stereocenters. The summed E-state index contributed by atoms with van der Waals surface area (Å²) < 4.78 is 13.0. The Hall–Kier alpha value is -2.83. The van der Waals surface area contributed by atoms with Crippen molar-refractivity contribution in [3.05, 3.63) is 58.4 Å². The summed E-state index contributed by atoms with van der Waals surface area (Å²) in [5.41, 5.74) is 3.30. The van der Waals surface area contributed by atoms with Crippen LogP contribution in [-0.4, -0.2) is 39.8 Å². The fourth-order valence-corrected chi connectivity index (χ4v) is 4.21. The largest absolute Gasteiger partial charge is 0.352 e. The zero-order valence-electron chi connectivity index (χ0n) is 18.2. The summed E-state index contributed by atoms with van der Waals surface area (Å²) in [6, 6.07) is 6.08. The van der Waals surface area contributed by atoms with Gasteiger partial charge in [-0.15, -0.1) is 0 Å². The van der Waals surface area contributed by atoms with Crippen LogP contribution in [-0.2, 0) is 22.6 Å². The van der Waals surface area contributed by atoms with Gasteiger partial charge in [0.05, 0.1) is 6.42 Å². The molecule has 1 aromatic heterocycles. The van der Waals surface area contributed by atoms with Gasteiger partial charge in [-0.3, -0.25) is 9.59 Å². The van der Waals surface area contributed by atoms with Crippen molar-refractivity contribution in [3.8, 4) is 0 Å². The van der Waals surface area contributed by atoms with E-state index in [1.54, 1.807) is 12.1 Å². The number of aromatic nitrogens is 2. The molecule has 2 fully saturated rings. The number of hydrogen-bond donors (Lipinski definition) is 1. The maximum Gasteiger partial charge on any atom is 0.225 e. The Bertz CT molecular complexity index is 949. The number of likely N-dealkylation sites (tertiary alicyclic amines) is 1. The Labute approximate surface area is 182 Å². The summed E-state index contributed by atoms with van der Waals surface area (Å²) in [6.45, 7) is 5.69. The van der Waals surface area contributed by atoms with E-state index in [0.29, 0.717) is 13.1 Å². The molecular weight excluding hydrogens is 395 g/mol. The molecule has 2 amide bonds. The molecule has 0 bridgehead atoms. The monoisotopic (exact) mass is 424 g/mol. The number of benzene rings is 1. The van der Waals surface area contributed by atoms with Crippen LogP contribution in [0.2, 0.25) is 0 Å². The Morgan fingerprint density at radius 2 is 1.77 bits per heavy atom. The van der Waals surface area contributed by atoms with Crippen molar-refractivity contribution in [2.24, 2.45) is 5.92 Å². The van der Waals surface area contributed by atoms with Gasteiger partial charge in [0.2, 0.25) is 11.8 Å². The summed E-state index contributed by atoms with van der Waals surface area (Å²) in [5.74, 6) is 1.03. The van der Waals surface area contributed by atoms with Crippen molar-refractivity contribution in [3.63, 3.8) is 0 Å². The second-order valence-electron chi connectivity index (χ2n) is 8.71. The van der Waals surface area contributed by atoms with Crippen LogP contribution < -0.4 is 5.32 Å².